The average molecular weight is 202 g/mol. The summed E-state index contributed by atoms with van der Waals surface area (Å²) < 4.78 is 0. The standard InChI is InChI=1S/C10H22N2O2/c1-8(2)7-14-12-9(13)5-6-10(3,4)11/h8H,5-7,11H2,1-4H3,(H,12,13). The molecule has 0 radical (unpaired) electrons. The number of nitrogens with two attached hydrogens (primary N) is 1. The van der Waals surface area contributed by atoms with Crippen LogP contribution >= 0.6 is 0 Å². The highest BCUT2D eigenvalue weighted by Crippen LogP contribution is 2.06. The number of hydrogen-bond donors (Lipinski definition) is 2. The van der Waals surface area contributed by atoms with Crippen LogP contribution in [0.2, 0.25) is 0 Å². The second-order valence-corrected chi connectivity index (χ2v) is 4.72. The van der Waals surface area contributed by atoms with Gasteiger partial charge >= 0.3 is 0 Å². The molecule has 4 nitrogen and oxygen atoms in total. The summed E-state index contributed by atoms with van der Waals surface area (Å²) in [6.45, 7) is 8.38. The second-order valence-electron chi connectivity index (χ2n) is 4.72. The Labute approximate surface area is 86.1 Å². The highest BCUT2D eigenvalue weighted by Gasteiger charge is 2.13. The molecule has 0 fully saturated rings. The van der Waals surface area contributed by atoms with Crippen LogP contribution in [-0.2, 0) is 9.63 Å². The van der Waals surface area contributed by atoms with Gasteiger partial charge in [0.25, 0.3) is 0 Å². The van der Waals surface area contributed by atoms with Crippen molar-refractivity contribution in [3.05, 3.63) is 0 Å². The van der Waals surface area contributed by atoms with Gasteiger partial charge in [0.2, 0.25) is 5.91 Å². The molecule has 0 aromatic heterocycles. The van der Waals surface area contributed by atoms with Gasteiger partial charge < -0.3 is 5.73 Å². The van der Waals surface area contributed by atoms with E-state index in [2.05, 4.69) is 5.48 Å². The number of amides is 1. The van der Waals surface area contributed by atoms with Gasteiger partial charge in [-0.05, 0) is 26.2 Å². The van der Waals surface area contributed by atoms with Crippen LogP contribution in [0.15, 0.2) is 0 Å². The van der Waals surface area contributed by atoms with Crippen LogP contribution in [-0.4, -0.2) is 18.1 Å². The van der Waals surface area contributed by atoms with Crippen LogP contribution in [0.4, 0.5) is 0 Å². The summed E-state index contributed by atoms with van der Waals surface area (Å²) in [6.07, 6.45) is 1.06. The van der Waals surface area contributed by atoms with Crippen LogP contribution in [0.25, 0.3) is 0 Å². The molecule has 84 valence electrons. The van der Waals surface area contributed by atoms with E-state index in [4.69, 9.17) is 10.6 Å². The summed E-state index contributed by atoms with van der Waals surface area (Å²) in [6, 6.07) is 0. The van der Waals surface area contributed by atoms with Crippen molar-refractivity contribution >= 4 is 5.91 Å². The lowest BCUT2D eigenvalue weighted by molar-refractivity contribution is -0.134. The van der Waals surface area contributed by atoms with Crippen LogP contribution in [0, 0.1) is 5.92 Å². The van der Waals surface area contributed by atoms with Gasteiger partial charge in [0, 0.05) is 12.0 Å². The smallest absolute Gasteiger partial charge is 0.243 e. The third-order valence-corrected chi connectivity index (χ3v) is 1.60. The average Bonchev–Trinajstić information content (AvgIpc) is 1.99. The number of hydrogen-bond acceptors (Lipinski definition) is 3. The fraction of sp³-hybridized carbons (Fsp3) is 0.900. The van der Waals surface area contributed by atoms with Gasteiger partial charge in [-0.2, -0.15) is 0 Å². The zero-order chi connectivity index (χ0) is 11.2. The van der Waals surface area contributed by atoms with E-state index in [9.17, 15) is 4.79 Å². The molecule has 0 heterocycles. The van der Waals surface area contributed by atoms with E-state index in [1.165, 1.54) is 0 Å². The lowest BCUT2D eigenvalue weighted by Gasteiger charge is -2.17. The Kier molecular flexibility index (Phi) is 5.72. The molecule has 0 atom stereocenters. The van der Waals surface area contributed by atoms with Crippen LogP contribution in [0.3, 0.4) is 0 Å². The van der Waals surface area contributed by atoms with Crippen molar-refractivity contribution in [3.8, 4) is 0 Å². The van der Waals surface area contributed by atoms with Gasteiger partial charge in [-0.1, -0.05) is 13.8 Å². The summed E-state index contributed by atoms with van der Waals surface area (Å²) in [7, 11) is 0. The molecule has 0 aromatic carbocycles. The molecular weight excluding hydrogens is 180 g/mol. The summed E-state index contributed by atoms with van der Waals surface area (Å²) in [5.74, 6) is 0.311. The van der Waals surface area contributed by atoms with E-state index < -0.39 is 0 Å². The molecule has 14 heavy (non-hydrogen) atoms. The Morgan fingerprint density at radius 1 is 1.50 bits per heavy atom. The fourth-order valence-electron chi connectivity index (χ4n) is 0.776. The van der Waals surface area contributed by atoms with Gasteiger partial charge in [-0.25, -0.2) is 5.48 Å². The van der Waals surface area contributed by atoms with E-state index in [1.54, 1.807) is 0 Å². The molecule has 1 amide bonds. The monoisotopic (exact) mass is 202 g/mol. The normalized spacial score (nSPS) is 11.9. The van der Waals surface area contributed by atoms with Gasteiger partial charge in [0.05, 0.1) is 6.61 Å². The van der Waals surface area contributed by atoms with Crippen LogP contribution in [0.1, 0.15) is 40.5 Å². The lowest BCUT2D eigenvalue weighted by Crippen LogP contribution is -2.34. The van der Waals surface area contributed by atoms with Crippen molar-refractivity contribution in [1.29, 1.82) is 0 Å². The number of rotatable bonds is 6. The van der Waals surface area contributed by atoms with Gasteiger partial charge in [0.1, 0.15) is 0 Å². The predicted octanol–water partition coefficient (Wildman–Crippen LogP) is 1.21. The van der Waals surface area contributed by atoms with Crippen molar-refractivity contribution in [2.75, 3.05) is 6.61 Å². The largest absolute Gasteiger partial charge is 0.326 e. The fourth-order valence-corrected chi connectivity index (χ4v) is 0.776. The summed E-state index contributed by atoms with van der Waals surface area (Å²) in [4.78, 5) is 16.2. The number of hydroxylamine groups is 1. The Hall–Kier alpha value is -0.610. The first-order valence-electron chi connectivity index (χ1n) is 5.01. The minimum Gasteiger partial charge on any atom is -0.326 e. The van der Waals surface area contributed by atoms with Crippen molar-refractivity contribution in [3.63, 3.8) is 0 Å². The quantitative estimate of drug-likeness (QED) is 0.636. The van der Waals surface area contributed by atoms with Gasteiger partial charge in [0.15, 0.2) is 0 Å². The highest BCUT2D eigenvalue weighted by molar-refractivity contribution is 5.74. The van der Waals surface area contributed by atoms with Crippen LogP contribution < -0.4 is 11.2 Å². The summed E-state index contributed by atoms with van der Waals surface area (Å²) in [5.41, 5.74) is 7.84. The molecular formula is C10H22N2O2. The van der Waals surface area contributed by atoms with E-state index >= 15 is 0 Å². The first-order valence-corrected chi connectivity index (χ1v) is 5.01. The molecule has 0 spiro atoms. The third kappa shape index (κ3) is 9.48. The third-order valence-electron chi connectivity index (χ3n) is 1.60. The van der Waals surface area contributed by atoms with Crippen LogP contribution in [0.5, 0.6) is 0 Å². The highest BCUT2D eigenvalue weighted by atomic mass is 16.6. The maximum atomic E-state index is 11.2. The molecule has 0 unspecified atom stereocenters. The predicted molar refractivity (Wildman–Crippen MR) is 56.4 cm³/mol. The van der Waals surface area contributed by atoms with Crippen molar-refractivity contribution in [2.24, 2.45) is 11.7 Å². The molecule has 0 saturated heterocycles. The summed E-state index contributed by atoms with van der Waals surface area (Å²) >= 11 is 0. The topological polar surface area (TPSA) is 64.3 Å². The molecule has 0 aliphatic heterocycles. The Balaban J connectivity index is 3.47. The Morgan fingerprint density at radius 2 is 2.07 bits per heavy atom. The Bertz CT molecular complexity index is 173. The molecule has 0 rings (SSSR count). The molecule has 0 aliphatic carbocycles. The molecule has 0 saturated carbocycles. The first kappa shape index (κ1) is 13.4. The number of carbonyl (C=O) groups is 1. The lowest BCUT2D eigenvalue weighted by atomic mass is 10.0. The zero-order valence-corrected chi connectivity index (χ0v) is 9.59. The molecule has 0 bridgehead atoms. The maximum absolute atomic E-state index is 11.2. The Morgan fingerprint density at radius 3 is 2.50 bits per heavy atom. The van der Waals surface area contributed by atoms with E-state index in [0.29, 0.717) is 25.4 Å². The molecule has 0 aromatic rings. The van der Waals surface area contributed by atoms with Gasteiger partial charge in [-0.3, -0.25) is 9.63 Å². The van der Waals surface area contributed by atoms with Gasteiger partial charge in [-0.15, -0.1) is 0 Å². The molecule has 3 N–H and O–H groups in total. The van der Waals surface area contributed by atoms with Crippen molar-refractivity contribution in [1.82, 2.24) is 5.48 Å². The van der Waals surface area contributed by atoms with Crippen molar-refractivity contribution in [2.45, 2.75) is 46.1 Å². The van der Waals surface area contributed by atoms with E-state index in [0.717, 1.165) is 0 Å². The van der Waals surface area contributed by atoms with Crippen molar-refractivity contribution < 1.29 is 9.63 Å². The minimum absolute atomic E-state index is 0.107. The van der Waals surface area contributed by atoms with E-state index in [-0.39, 0.29) is 11.4 Å². The minimum atomic E-state index is -0.296. The zero-order valence-electron chi connectivity index (χ0n) is 9.59. The van der Waals surface area contributed by atoms with E-state index in [1.807, 2.05) is 27.7 Å². The SMILES string of the molecule is CC(C)CONC(=O)CCC(C)(C)N. The molecule has 0 aliphatic rings. The summed E-state index contributed by atoms with van der Waals surface area (Å²) in [5, 5.41) is 0. The molecule has 4 heteroatoms. The number of carbonyl (C=O) groups excluding carboxylic acids is 1. The first-order chi connectivity index (χ1) is 6.31. The maximum Gasteiger partial charge on any atom is 0.243 e. The second kappa shape index (κ2) is 5.98. The number of nitrogens with one attached hydrogen (secondary N) is 1.